The lowest BCUT2D eigenvalue weighted by Gasteiger charge is -2.20. The third-order valence-corrected chi connectivity index (χ3v) is 4.08. The van der Waals surface area contributed by atoms with Gasteiger partial charge in [-0.1, -0.05) is 47.7 Å². The van der Waals surface area contributed by atoms with Gasteiger partial charge in [0.25, 0.3) is 0 Å². The molecular formula is C16H15N3O2. The van der Waals surface area contributed by atoms with Crippen LogP contribution in [0.25, 0.3) is 11.0 Å². The van der Waals surface area contributed by atoms with Crippen molar-refractivity contribution in [1.82, 2.24) is 15.0 Å². The van der Waals surface area contributed by atoms with Gasteiger partial charge in [0.2, 0.25) is 5.72 Å². The number of ether oxygens (including phenoxy) is 1. The van der Waals surface area contributed by atoms with E-state index in [0.717, 1.165) is 16.6 Å². The number of benzene rings is 2. The summed E-state index contributed by atoms with van der Waals surface area (Å²) in [5.41, 5.74) is 1.58. The van der Waals surface area contributed by atoms with E-state index < -0.39 is 11.8 Å². The van der Waals surface area contributed by atoms with E-state index in [-0.39, 0.29) is 6.10 Å². The van der Waals surface area contributed by atoms with Crippen LogP contribution >= 0.6 is 0 Å². The van der Waals surface area contributed by atoms with Crippen molar-refractivity contribution in [2.24, 2.45) is 0 Å². The molecule has 1 aromatic heterocycles. The van der Waals surface area contributed by atoms with Gasteiger partial charge < -0.3 is 9.84 Å². The highest BCUT2D eigenvalue weighted by Gasteiger charge is 2.62. The molecule has 5 heteroatoms. The number of aromatic nitrogens is 3. The molecule has 1 N–H and O–H groups in total. The summed E-state index contributed by atoms with van der Waals surface area (Å²) in [6, 6.07) is 17.2. The Morgan fingerprint density at radius 2 is 1.81 bits per heavy atom. The van der Waals surface area contributed by atoms with Crippen molar-refractivity contribution in [3.63, 3.8) is 0 Å². The van der Waals surface area contributed by atoms with Crippen molar-refractivity contribution in [1.29, 1.82) is 0 Å². The van der Waals surface area contributed by atoms with Gasteiger partial charge in [-0.25, -0.2) is 4.68 Å². The summed E-state index contributed by atoms with van der Waals surface area (Å²) in [6.07, 6.45) is -0.920. The number of para-hydroxylation sites is 1. The largest absolute Gasteiger partial charge is 0.383 e. The molecular weight excluding hydrogens is 266 g/mol. The maximum Gasteiger partial charge on any atom is 0.219 e. The van der Waals surface area contributed by atoms with Crippen molar-refractivity contribution in [3.05, 3.63) is 60.2 Å². The predicted octanol–water partition coefficient (Wildman–Crippen LogP) is 2.24. The Kier molecular flexibility index (Phi) is 2.60. The first-order chi connectivity index (χ1) is 10.2. The van der Waals surface area contributed by atoms with Gasteiger partial charge in [-0.2, -0.15) is 0 Å². The molecule has 1 saturated heterocycles. The van der Waals surface area contributed by atoms with Gasteiger partial charge in [0.15, 0.2) is 0 Å². The molecule has 2 heterocycles. The SMILES string of the molecule is CC1OC1(C(O)c1ccccc1)n1nnc2ccccc21. The normalized spacial score (nSPS) is 25.9. The Morgan fingerprint density at radius 3 is 2.52 bits per heavy atom. The minimum Gasteiger partial charge on any atom is -0.383 e. The molecule has 21 heavy (non-hydrogen) atoms. The number of nitrogens with zero attached hydrogens (tertiary/aromatic N) is 3. The number of hydrogen-bond donors (Lipinski definition) is 1. The van der Waals surface area contributed by atoms with E-state index in [4.69, 9.17) is 4.74 Å². The van der Waals surface area contributed by atoms with Crippen LogP contribution in [0.4, 0.5) is 0 Å². The van der Waals surface area contributed by atoms with E-state index in [1.54, 1.807) is 4.68 Å². The molecule has 0 radical (unpaired) electrons. The monoisotopic (exact) mass is 281 g/mol. The first-order valence-electron chi connectivity index (χ1n) is 6.95. The highest BCUT2D eigenvalue weighted by molar-refractivity contribution is 5.74. The fourth-order valence-electron chi connectivity index (χ4n) is 2.88. The summed E-state index contributed by atoms with van der Waals surface area (Å²) in [5, 5.41) is 19.2. The lowest BCUT2D eigenvalue weighted by atomic mass is 10.00. The van der Waals surface area contributed by atoms with Gasteiger partial charge in [-0.05, 0) is 24.6 Å². The minimum absolute atomic E-state index is 0.127. The zero-order chi connectivity index (χ0) is 14.4. The lowest BCUT2D eigenvalue weighted by molar-refractivity contribution is 0.0217. The maximum absolute atomic E-state index is 10.8. The Hall–Kier alpha value is -2.24. The molecule has 106 valence electrons. The van der Waals surface area contributed by atoms with Crippen LogP contribution in [0, 0.1) is 0 Å². The third kappa shape index (κ3) is 1.71. The Bertz CT molecular complexity index is 786. The second-order valence-corrected chi connectivity index (χ2v) is 5.32. The summed E-state index contributed by atoms with van der Waals surface area (Å²) >= 11 is 0. The predicted molar refractivity (Wildman–Crippen MR) is 77.5 cm³/mol. The molecule has 3 aromatic rings. The van der Waals surface area contributed by atoms with E-state index in [2.05, 4.69) is 10.3 Å². The Labute approximate surface area is 121 Å². The number of hydrogen-bond acceptors (Lipinski definition) is 4. The molecule has 0 saturated carbocycles. The minimum atomic E-state index is -0.878. The first-order valence-corrected chi connectivity index (χ1v) is 6.95. The van der Waals surface area contributed by atoms with Crippen LogP contribution in [0.15, 0.2) is 54.6 Å². The van der Waals surface area contributed by atoms with Crippen molar-refractivity contribution in [2.75, 3.05) is 0 Å². The summed E-state index contributed by atoms with van der Waals surface area (Å²) < 4.78 is 7.48. The summed E-state index contributed by atoms with van der Waals surface area (Å²) in [7, 11) is 0. The van der Waals surface area contributed by atoms with E-state index in [0.29, 0.717) is 0 Å². The van der Waals surface area contributed by atoms with Gasteiger partial charge in [-0.3, -0.25) is 0 Å². The molecule has 2 aromatic carbocycles. The van der Waals surface area contributed by atoms with Crippen molar-refractivity contribution in [3.8, 4) is 0 Å². The Morgan fingerprint density at radius 1 is 1.14 bits per heavy atom. The average molecular weight is 281 g/mol. The number of aliphatic hydroxyl groups is 1. The zero-order valence-electron chi connectivity index (χ0n) is 11.5. The highest BCUT2D eigenvalue weighted by Crippen LogP contribution is 2.51. The molecule has 3 atom stereocenters. The van der Waals surface area contributed by atoms with E-state index >= 15 is 0 Å². The van der Waals surface area contributed by atoms with Crippen LogP contribution in [0.1, 0.15) is 18.6 Å². The lowest BCUT2D eigenvalue weighted by Crippen LogP contribution is -2.30. The maximum atomic E-state index is 10.8. The first kappa shape index (κ1) is 12.5. The second kappa shape index (κ2) is 4.38. The van der Waals surface area contributed by atoms with Crippen LogP contribution in [-0.4, -0.2) is 26.2 Å². The van der Waals surface area contributed by atoms with Crippen molar-refractivity contribution < 1.29 is 9.84 Å². The fraction of sp³-hybridized carbons (Fsp3) is 0.250. The second-order valence-electron chi connectivity index (χ2n) is 5.32. The molecule has 0 amide bonds. The molecule has 4 rings (SSSR count). The van der Waals surface area contributed by atoms with Gasteiger partial charge >= 0.3 is 0 Å². The molecule has 0 spiro atoms. The van der Waals surface area contributed by atoms with Crippen LogP contribution in [0.2, 0.25) is 0 Å². The standard InChI is InChI=1S/C16H15N3O2/c1-11-16(21-11,15(20)12-7-3-2-4-8-12)19-14-10-6-5-9-13(14)17-18-19/h2-11,15,20H,1H3. The van der Waals surface area contributed by atoms with Gasteiger partial charge in [0, 0.05) is 0 Å². The quantitative estimate of drug-likeness (QED) is 0.748. The zero-order valence-corrected chi connectivity index (χ0v) is 11.5. The molecule has 3 unspecified atom stereocenters. The van der Waals surface area contributed by atoms with Crippen LogP contribution < -0.4 is 0 Å². The summed E-state index contributed by atoms with van der Waals surface area (Å²) in [4.78, 5) is 0. The van der Waals surface area contributed by atoms with E-state index in [1.807, 2.05) is 61.5 Å². The number of fused-ring (bicyclic) bond motifs is 1. The average Bonchev–Trinajstić information content (AvgIpc) is 3.03. The number of epoxide rings is 1. The third-order valence-electron chi connectivity index (χ3n) is 4.08. The fourth-order valence-corrected chi connectivity index (χ4v) is 2.88. The Balaban J connectivity index is 1.84. The van der Waals surface area contributed by atoms with Crippen molar-refractivity contribution >= 4 is 11.0 Å². The van der Waals surface area contributed by atoms with Gasteiger partial charge in [0.05, 0.1) is 5.52 Å². The number of rotatable bonds is 3. The van der Waals surface area contributed by atoms with E-state index in [1.165, 1.54) is 0 Å². The molecule has 1 aliphatic rings. The summed E-state index contributed by atoms with van der Waals surface area (Å²) in [5.74, 6) is 0. The molecule has 5 nitrogen and oxygen atoms in total. The smallest absolute Gasteiger partial charge is 0.219 e. The number of aliphatic hydroxyl groups excluding tert-OH is 1. The topological polar surface area (TPSA) is 63.5 Å². The van der Waals surface area contributed by atoms with Crippen LogP contribution in [0.5, 0.6) is 0 Å². The van der Waals surface area contributed by atoms with Gasteiger partial charge in [0.1, 0.15) is 17.7 Å². The molecule has 0 bridgehead atoms. The molecule has 0 aliphatic carbocycles. The summed E-state index contributed by atoms with van der Waals surface area (Å²) in [6.45, 7) is 1.93. The van der Waals surface area contributed by atoms with Crippen LogP contribution in [-0.2, 0) is 10.5 Å². The van der Waals surface area contributed by atoms with Crippen molar-refractivity contribution in [2.45, 2.75) is 24.9 Å². The van der Waals surface area contributed by atoms with E-state index in [9.17, 15) is 5.11 Å². The van der Waals surface area contributed by atoms with Crippen LogP contribution in [0.3, 0.4) is 0 Å². The van der Waals surface area contributed by atoms with Gasteiger partial charge in [-0.15, -0.1) is 5.10 Å². The highest BCUT2D eigenvalue weighted by atomic mass is 16.6. The molecule has 1 aliphatic heterocycles. The molecule has 1 fully saturated rings.